The average Bonchev–Trinajstić information content (AvgIpc) is 2.73. The molecule has 104 valence electrons. The number of nitrogen functional groups attached to an aromatic ring is 1. The van der Waals surface area contributed by atoms with Crippen LogP contribution in [0.4, 0.5) is 35.1 Å². The number of nitrogens with two attached hydrogens (primary N) is 1. The summed E-state index contributed by atoms with van der Waals surface area (Å²) >= 11 is 0. The van der Waals surface area contributed by atoms with E-state index < -0.39 is 23.1 Å². The monoisotopic (exact) mass is 286 g/mol. The number of nitrogens with zero attached hydrogens (tertiary/aromatic N) is 3. The Morgan fingerprint density at radius 1 is 1.35 bits per heavy atom. The predicted octanol–water partition coefficient (Wildman–Crippen LogP) is 2.16. The Hall–Kier alpha value is -2.83. The highest BCUT2D eigenvalue weighted by Crippen LogP contribution is 2.35. The van der Waals surface area contributed by atoms with Crippen molar-refractivity contribution in [1.29, 1.82) is 5.26 Å². The van der Waals surface area contributed by atoms with E-state index in [1.807, 2.05) is 0 Å². The number of anilines is 3. The summed E-state index contributed by atoms with van der Waals surface area (Å²) in [5.41, 5.74) is 2.53. The second-order valence-electron chi connectivity index (χ2n) is 3.66. The van der Waals surface area contributed by atoms with Gasteiger partial charge in [-0.1, -0.05) is 0 Å². The number of aromatic nitrogens is 3. The summed E-state index contributed by atoms with van der Waals surface area (Å²) in [4.78, 5) is 3.60. The van der Waals surface area contributed by atoms with Crippen molar-refractivity contribution in [3.05, 3.63) is 29.1 Å². The molecule has 20 heavy (non-hydrogen) atoms. The van der Waals surface area contributed by atoms with E-state index >= 15 is 0 Å². The SMILES string of the molecule is N#Cc1c(F)cc(Nc2n[nH]c(N)n2)cc1C(F)(F)F. The van der Waals surface area contributed by atoms with Gasteiger partial charge in [-0.2, -0.15) is 23.4 Å². The minimum absolute atomic E-state index is 0.0577. The first-order chi connectivity index (χ1) is 9.31. The number of hydrogen-bond acceptors (Lipinski definition) is 5. The van der Waals surface area contributed by atoms with Crippen LogP contribution in [0.1, 0.15) is 11.1 Å². The lowest BCUT2D eigenvalue weighted by Gasteiger charge is -2.11. The first kappa shape index (κ1) is 13.6. The highest BCUT2D eigenvalue weighted by Gasteiger charge is 2.35. The molecule has 0 bridgehead atoms. The summed E-state index contributed by atoms with van der Waals surface area (Å²) in [6.45, 7) is 0. The van der Waals surface area contributed by atoms with Gasteiger partial charge in [0.25, 0.3) is 0 Å². The highest BCUT2D eigenvalue weighted by atomic mass is 19.4. The van der Waals surface area contributed by atoms with Gasteiger partial charge in [-0.05, 0) is 12.1 Å². The number of nitriles is 1. The van der Waals surface area contributed by atoms with Gasteiger partial charge in [0.2, 0.25) is 11.9 Å². The lowest BCUT2D eigenvalue weighted by molar-refractivity contribution is -0.137. The van der Waals surface area contributed by atoms with E-state index in [0.717, 1.165) is 6.07 Å². The fourth-order valence-electron chi connectivity index (χ4n) is 1.48. The van der Waals surface area contributed by atoms with Crippen LogP contribution in [-0.4, -0.2) is 15.2 Å². The molecule has 0 saturated carbocycles. The third-order valence-electron chi connectivity index (χ3n) is 2.27. The molecule has 0 aliphatic heterocycles. The molecule has 2 aromatic rings. The van der Waals surface area contributed by atoms with Crippen LogP contribution in [0.5, 0.6) is 0 Å². The molecule has 0 aliphatic carbocycles. The van der Waals surface area contributed by atoms with Gasteiger partial charge < -0.3 is 11.1 Å². The molecule has 6 nitrogen and oxygen atoms in total. The van der Waals surface area contributed by atoms with Gasteiger partial charge in [-0.15, -0.1) is 5.10 Å². The summed E-state index contributed by atoms with van der Waals surface area (Å²) in [5, 5.41) is 16.7. The van der Waals surface area contributed by atoms with E-state index in [1.54, 1.807) is 0 Å². The van der Waals surface area contributed by atoms with E-state index in [1.165, 1.54) is 6.07 Å². The smallest absolute Gasteiger partial charge is 0.368 e. The molecular formula is C10H6F4N6. The Labute approximate surface area is 109 Å². The molecule has 0 spiro atoms. The minimum atomic E-state index is -4.86. The summed E-state index contributed by atoms with van der Waals surface area (Å²) in [7, 11) is 0. The summed E-state index contributed by atoms with van der Waals surface area (Å²) in [5.74, 6) is -1.48. The average molecular weight is 286 g/mol. The van der Waals surface area contributed by atoms with E-state index in [0.29, 0.717) is 6.07 Å². The molecule has 1 aromatic heterocycles. The third-order valence-corrected chi connectivity index (χ3v) is 2.27. The summed E-state index contributed by atoms with van der Waals surface area (Å²) in [6, 6.07) is 2.51. The first-order valence-corrected chi connectivity index (χ1v) is 5.07. The summed E-state index contributed by atoms with van der Waals surface area (Å²) < 4.78 is 51.7. The van der Waals surface area contributed by atoms with Crippen LogP contribution < -0.4 is 11.1 Å². The van der Waals surface area contributed by atoms with Crippen molar-refractivity contribution in [2.75, 3.05) is 11.1 Å². The standard InChI is InChI=1S/C10H6F4N6/c11-7-2-4(17-9-18-8(16)19-20-9)1-6(5(7)3-15)10(12,13)14/h1-2H,(H4,16,17,18,19,20). The second-order valence-corrected chi connectivity index (χ2v) is 3.66. The fraction of sp³-hybridized carbons (Fsp3) is 0.100. The van der Waals surface area contributed by atoms with Crippen molar-refractivity contribution < 1.29 is 17.6 Å². The largest absolute Gasteiger partial charge is 0.417 e. The van der Waals surface area contributed by atoms with Crippen molar-refractivity contribution >= 4 is 17.6 Å². The predicted molar refractivity (Wildman–Crippen MR) is 60.2 cm³/mol. The van der Waals surface area contributed by atoms with E-state index in [9.17, 15) is 17.6 Å². The Kier molecular flexibility index (Phi) is 3.19. The fourth-order valence-corrected chi connectivity index (χ4v) is 1.48. The zero-order chi connectivity index (χ0) is 14.9. The van der Waals surface area contributed by atoms with Crippen LogP contribution >= 0.6 is 0 Å². The van der Waals surface area contributed by atoms with Crippen LogP contribution in [0, 0.1) is 17.1 Å². The topological polar surface area (TPSA) is 103 Å². The number of H-pyrrole nitrogens is 1. The first-order valence-electron chi connectivity index (χ1n) is 5.07. The number of nitrogens with one attached hydrogen (secondary N) is 2. The molecule has 0 fully saturated rings. The van der Waals surface area contributed by atoms with Crippen molar-refractivity contribution in [3.8, 4) is 6.07 Å². The number of aromatic amines is 1. The van der Waals surface area contributed by atoms with Crippen molar-refractivity contribution in [1.82, 2.24) is 15.2 Å². The van der Waals surface area contributed by atoms with Crippen molar-refractivity contribution in [2.24, 2.45) is 0 Å². The van der Waals surface area contributed by atoms with Crippen LogP contribution in [0.2, 0.25) is 0 Å². The molecule has 4 N–H and O–H groups in total. The number of rotatable bonds is 2. The molecular weight excluding hydrogens is 280 g/mol. The molecule has 0 amide bonds. The Bertz CT molecular complexity index is 684. The zero-order valence-electron chi connectivity index (χ0n) is 9.59. The van der Waals surface area contributed by atoms with Crippen molar-refractivity contribution in [3.63, 3.8) is 0 Å². The second kappa shape index (κ2) is 4.69. The minimum Gasteiger partial charge on any atom is -0.368 e. The van der Waals surface area contributed by atoms with Gasteiger partial charge in [-0.25, -0.2) is 9.49 Å². The molecule has 10 heteroatoms. The van der Waals surface area contributed by atoms with E-state index in [4.69, 9.17) is 11.0 Å². The number of alkyl halides is 3. The molecule has 0 atom stereocenters. The maximum atomic E-state index is 13.5. The maximum Gasteiger partial charge on any atom is 0.417 e. The Morgan fingerprint density at radius 2 is 2.05 bits per heavy atom. The number of benzene rings is 1. The zero-order valence-corrected chi connectivity index (χ0v) is 9.59. The maximum absolute atomic E-state index is 13.5. The van der Waals surface area contributed by atoms with Crippen LogP contribution in [-0.2, 0) is 6.18 Å². The Balaban J connectivity index is 2.46. The number of hydrogen-bond donors (Lipinski definition) is 3. The summed E-state index contributed by atoms with van der Waals surface area (Å²) in [6.07, 6.45) is -4.86. The normalized spacial score (nSPS) is 11.2. The lowest BCUT2D eigenvalue weighted by atomic mass is 10.1. The molecule has 0 unspecified atom stereocenters. The molecule has 1 heterocycles. The van der Waals surface area contributed by atoms with Crippen LogP contribution in [0.15, 0.2) is 12.1 Å². The quantitative estimate of drug-likeness (QED) is 0.734. The molecule has 1 aromatic carbocycles. The molecule has 2 rings (SSSR count). The highest BCUT2D eigenvalue weighted by molar-refractivity contribution is 5.59. The van der Waals surface area contributed by atoms with Gasteiger partial charge >= 0.3 is 6.18 Å². The van der Waals surface area contributed by atoms with Gasteiger partial charge in [0.05, 0.1) is 5.56 Å². The van der Waals surface area contributed by atoms with Gasteiger partial charge in [0, 0.05) is 5.69 Å². The lowest BCUT2D eigenvalue weighted by Crippen LogP contribution is -2.10. The van der Waals surface area contributed by atoms with E-state index in [2.05, 4.69) is 20.5 Å². The van der Waals surface area contributed by atoms with Crippen LogP contribution in [0.3, 0.4) is 0 Å². The van der Waals surface area contributed by atoms with Crippen LogP contribution in [0.25, 0.3) is 0 Å². The van der Waals surface area contributed by atoms with Crippen molar-refractivity contribution in [2.45, 2.75) is 6.18 Å². The van der Waals surface area contributed by atoms with Gasteiger partial charge in [0.15, 0.2) is 0 Å². The van der Waals surface area contributed by atoms with Gasteiger partial charge in [-0.3, -0.25) is 0 Å². The number of halogens is 4. The van der Waals surface area contributed by atoms with E-state index in [-0.39, 0.29) is 17.6 Å². The van der Waals surface area contributed by atoms with Gasteiger partial charge in [0.1, 0.15) is 17.4 Å². The molecule has 0 saturated heterocycles. The molecule has 0 radical (unpaired) electrons. The molecule has 0 aliphatic rings. The third kappa shape index (κ3) is 2.61. The Morgan fingerprint density at radius 3 is 2.55 bits per heavy atom.